The molecule has 1 atom stereocenters. The molecule has 0 aromatic heterocycles. The van der Waals surface area contributed by atoms with Gasteiger partial charge in [0, 0.05) is 5.56 Å². The van der Waals surface area contributed by atoms with Crippen molar-refractivity contribution in [3.05, 3.63) is 34.4 Å². The maximum atomic E-state index is 13.5. The summed E-state index contributed by atoms with van der Waals surface area (Å²) in [6.45, 7) is 6.08. The average molecular weight is 263 g/mol. The second kappa shape index (κ2) is 5.32. The minimum absolute atomic E-state index is 0.0313. The second-order valence-electron chi connectivity index (χ2n) is 5.40. The normalized spacial score (nSPS) is 13.8. The zero-order valence-electron chi connectivity index (χ0n) is 10.2. The summed E-state index contributed by atoms with van der Waals surface area (Å²) in [4.78, 5) is 0. The van der Waals surface area contributed by atoms with Gasteiger partial charge in [0.15, 0.2) is 0 Å². The van der Waals surface area contributed by atoms with E-state index in [9.17, 15) is 13.9 Å². The zero-order chi connectivity index (χ0) is 13.2. The first-order valence-corrected chi connectivity index (χ1v) is 5.91. The van der Waals surface area contributed by atoms with Gasteiger partial charge in [-0.1, -0.05) is 32.4 Å². The summed E-state index contributed by atoms with van der Waals surface area (Å²) in [6, 6.07) is 1.86. The first kappa shape index (κ1) is 14.4. The van der Waals surface area contributed by atoms with Crippen LogP contribution in [0.2, 0.25) is 5.02 Å². The number of aliphatic hydroxyl groups is 1. The fraction of sp³-hybridized carbons (Fsp3) is 0.538. The van der Waals surface area contributed by atoms with E-state index in [0.29, 0.717) is 6.42 Å². The van der Waals surface area contributed by atoms with E-state index in [0.717, 1.165) is 18.6 Å². The van der Waals surface area contributed by atoms with Gasteiger partial charge in [-0.3, -0.25) is 0 Å². The molecule has 17 heavy (non-hydrogen) atoms. The Morgan fingerprint density at radius 2 is 1.82 bits per heavy atom. The Morgan fingerprint density at radius 1 is 1.24 bits per heavy atom. The first-order valence-electron chi connectivity index (χ1n) is 5.53. The van der Waals surface area contributed by atoms with Crippen LogP contribution >= 0.6 is 11.6 Å². The molecule has 0 amide bonds. The van der Waals surface area contributed by atoms with Crippen LogP contribution in [-0.2, 0) is 0 Å². The van der Waals surface area contributed by atoms with Crippen molar-refractivity contribution < 1.29 is 13.9 Å². The van der Waals surface area contributed by atoms with Crippen molar-refractivity contribution in [3.63, 3.8) is 0 Å². The number of rotatable bonds is 3. The van der Waals surface area contributed by atoms with Gasteiger partial charge in [-0.05, 0) is 30.4 Å². The van der Waals surface area contributed by atoms with Crippen molar-refractivity contribution in [2.24, 2.45) is 5.41 Å². The molecule has 1 N–H and O–H groups in total. The van der Waals surface area contributed by atoms with Gasteiger partial charge in [-0.25, -0.2) is 8.78 Å². The van der Waals surface area contributed by atoms with Gasteiger partial charge in [-0.2, -0.15) is 0 Å². The number of benzene rings is 1. The van der Waals surface area contributed by atoms with Gasteiger partial charge in [-0.15, -0.1) is 0 Å². The molecule has 96 valence electrons. The third kappa shape index (κ3) is 4.25. The molecule has 0 aliphatic rings. The number of halogens is 3. The maximum Gasteiger partial charge on any atom is 0.142 e. The van der Waals surface area contributed by atoms with Crippen molar-refractivity contribution in [2.45, 2.75) is 39.7 Å². The molecular weight excluding hydrogens is 246 g/mol. The van der Waals surface area contributed by atoms with E-state index in [-0.39, 0.29) is 16.0 Å². The Labute approximate surface area is 105 Å². The molecule has 0 saturated carbocycles. The minimum Gasteiger partial charge on any atom is -0.388 e. The summed E-state index contributed by atoms with van der Waals surface area (Å²) in [5.74, 6) is -1.38. The lowest BCUT2D eigenvalue weighted by molar-refractivity contribution is 0.143. The minimum atomic E-state index is -0.999. The first-order chi connectivity index (χ1) is 7.70. The van der Waals surface area contributed by atoms with Crippen LogP contribution in [0.3, 0.4) is 0 Å². The highest BCUT2D eigenvalue weighted by atomic mass is 35.5. The molecule has 4 heteroatoms. The summed E-state index contributed by atoms with van der Waals surface area (Å²) >= 11 is 5.44. The lowest BCUT2D eigenvalue weighted by Gasteiger charge is -2.20. The van der Waals surface area contributed by atoms with Crippen LogP contribution in [0.5, 0.6) is 0 Å². The van der Waals surface area contributed by atoms with Crippen molar-refractivity contribution in [3.8, 4) is 0 Å². The molecule has 0 radical (unpaired) electrons. The van der Waals surface area contributed by atoms with Crippen LogP contribution in [0.1, 0.15) is 45.3 Å². The van der Waals surface area contributed by atoms with Crippen molar-refractivity contribution >= 4 is 11.6 Å². The summed E-state index contributed by atoms with van der Waals surface area (Å²) in [6.07, 6.45) is 0.111. The number of aliphatic hydroxyl groups excluding tert-OH is 1. The van der Waals surface area contributed by atoms with Crippen molar-refractivity contribution in [2.75, 3.05) is 0 Å². The fourth-order valence-electron chi connectivity index (χ4n) is 1.52. The predicted octanol–water partition coefficient (Wildman–Crippen LogP) is 4.48. The summed E-state index contributed by atoms with van der Waals surface area (Å²) in [5, 5.41) is 9.56. The average Bonchev–Trinajstić information content (AvgIpc) is 2.19. The molecule has 0 aliphatic carbocycles. The second-order valence-corrected chi connectivity index (χ2v) is 5.81. The predicted molar refractivity (Wildman–Crippen MR) is 65.0 cm³/mol. The Morgan fingerprint density at radius 3 is 2.35 bits per heavy atom. The highest BCUT2D eigenvalue weighted by Crippen LogP contribution is 2.30. The Bertz CT molecular complexity index is 399. The Balaban J connectivity index is 2.82. The molecule has 1 unspecified atom stereocenters. The van der Waals surface area contributed by atoms with E-state index in [1.807, 2.05) is 20.8 Å². The third-order valence-corrected chi connectivity index (χ3v) is 2.86. The smallest absolute Gasteiger partial charge is 0.142 e. The molecule has 0 aliphatic heterocycles. The summed E-state index contributed by atoms with van der Waals surface area (Å²) in [7, 11) is 0. The number of hydrogen-bond donors (Lipinski definition) is 1. The summed E-state index contributed by atoms with van der Waals surface area (Å²) < 4.78 is 26.7. The van der Waals surface area contributed by atoms with Gasteiger partial charge in [0.25, 0.3) is 0 Å². The highest BCUT2D eigenvalue weighted by molar-refractivity contribution is 6.30. The molecule has 0 saturated heterocycles. The molecule has 1 aromatic rings. The van der Waals surface area contributed by atoms with Crippen LogP contribution in [0, 0.1) is 17.0 Å². The molecule has 1 aromatic carbocycles. The van der Waals surface area contributed by atoms with E-state index in [1.54, 1.807) is 0 Å². The number of hydrogen-bond acceptors (Lipinski definition) is 1. The van der Waals surface area contributed by atoms with Gasteiger partial charge in [0.05, 0.1) is 11.1 Å². The Hall–Kier alpha value is -0.670. The lowest BCUT2D eigenvalue weighted by Crippen LogP contribution is -2.09. The van der Waals surface area contributed by atoms with E-state index in [1.165, 1.54) is 0 Å². The van der Waals surface area contributed by atoms with Gasteiger partial charge >= 0.3 is 0 Å². The van der Waals surface area contributed by atoms with E-state index < -0.39 is 17.7 Å². The van der Waals surface area contributed by atoms with Crippen LogP contribution in [0.4, 0.5) is 8.78 Å². The Kier molecular flexibility index (Phi) is 4.50. The molecule has 0 spiro atoms. The maximum absolute atomic E-state index is 13.5. The SMILES string of the molecule is CC(C)(C)CCC(O)c1cc(F)c(Cl)cc1F. The van der Waals surface area contributed by atoms with Crippen LogP contribution in [0.25, 0.3) is 0 Å². The molecule has 0 heterocycles. The molecular formula is C13H17ClF2O. The molecule has 0 fully saturated rings. The highest BCUT2D eigenvalue weighted by Gasteiger charge is 2.19. The van der Waals surface area contributed by atoms with E-state index in [4.69, 9.17) is 11.6 Å². The van der Waals surface area contributed by atoms with E-state index in [2.05, 4.69) is 0 Å². The standard InChI is InChI=1S/C13H17ClF2O/c1-13(2,3)5-4-12(17)8-6-11(16)9(14)7-10(8)15/h6-7,12,17H,4-5H2,1-3H3. The van der Waals surface area contributed by atoms with Crippen LogP contribution in [-0.4, -0.2) is 5.11 Å². The van der Waals surface area contributed by atoms with Gasteiger partial charge in [0.1, 0.15) is 11.6 Å². The van der Waals surface area contributed by atoms with Crippen LogP contribution in [0.15, 0.2) is 12.1 Å². The zero-order valence-corrected chi connectivity index (χ0v) is 11.0. The molecule has 1 rings (SSSR count). The van der Waals surface area contributed by atoms with Crippen molar-refractivity contribution in [1.82, 2.24) is 0 Å². The van der Waals surface area contributed by atoms with Crippen LogP contribution < -0.4 is 0 Å². The molecule has 1 nitrogen and oxygen atoms in total. The lowest BCUT2D eigenvalue weighted by atomic mass is 9.88. The monoisotopic (exact) mass is 262 g/mol. The van der Waals surface area contributed by atoms with Gasteiger partial charge in [0.2, 0.25) is 0 Å². The van der Waals surface area contributed by atoms with E-state index >= 15 is 0 Å². The largest absolute Gasteiger partial charge is 0.388 e. The van der Waals surface area contributed by atoms with Crippen molar-refractivity contribution in [1.29, 1.82) is 0 Å². The summed E-state index contributed by atoms with van der Waals surface area (Å²) in [5.41, 5.74) is 0.0127. The third-order valence-electron chi connectivity index (χ3n) is 2.57. The molecule has 0 bridgehead atoms. The van der Waals surface area contributed by atoms with Gasteiger partial charge < -0.3 is 5.11 Å². The fourth-order valence-corrected chi connectivity index (χ4v) is 1.67. The quantitative estimate of drug-likeness (QED) is 0.797. The topological polar surface area (TPSA) is 20.2 Å².